The number of nitrogens with zero attached hydrogens (tertiary/aromatic N) is 2. The number of hydrogen-bond acceptors (Lipinski definition) is 7. The molecule has 0 radical (unpaired) electrons. The van der Waals surface area contributed by atoms with Crippen LogP contribution in [0.15, 0.2) is 53.2 Å². The lowest BCUT2D eigenvalue weighted by Crippen LogP contribution is -2.20. The van der Waals surface area contributed by atoms with E-state index in [1.165, 1.54) is 7.11 Å². The zero-order chi connectivity index (χ0) is 19.9. The summed E-state index contributed by atoms with van der Waals surface area (Å²) in [4.78, 5) is 12.2. The van der Waals surface area contributed by atoms with E-state index in [0.29, 0.717) is 17.2 Å². The fourth-order valence-corrected chi connectivity index (χ4v) is 2.47. The molecule has 0 fully saturated rings. The number of carbonyl (C=O) groups excluding carboxylic acids is 1. The Hall–Kier alpha value is -3.55. The van der Waals surface area contributed by atoms with E-state index in [9.17, 15) is 4.79 Å². The second-order valence-corrected chi connectivity index (χ2v) is 6.14. The molecule has 0 aliphatic carbocycles. The molecule has 8 heteroatoms. The van der Waals surface area contributed by atoms with E-state index >= 15 is 0 Å². The van der Waals surface area contributed by atoms with Crippen LogP contribution in [-0.4, -0.2) is 36.0 Å². The molecular weight excluding hydrogens is 362 g/mol. The van der Waals surface area contributed by atoms with Gasteiger partial charge in [-0.05, 0) is 60.6 Å². The van der Waals surface area contributed by atoms with Crippen LogP contribution in [0.5, 0.6) is 17.2 Å². The minimum atomic E-state index is -0.400. The molecule has 0 bridgehead atoms. The van der Waals surface area contributed by atoms with E-state index in [1.807, 2.05) is 44.2 Å². The van der Waals surface area contributed by atoms with Crippen molar-refractivity contribution in [1.82, 2.24) is 10.3 Å². The van der Waals surface area contributed by atoms with Crippen molar-refractivity contribution in [2.45, 2.75) is 20.0 Å². The largest absolute Gasteiger partial charge is 0.493 e. The van der Waals surface area contributed by atoms with Gasteiger partial charge >= 0.3 is 0 Å². The molecule has 0 aliphatic heterocycles. The molecule has 0 unspecified atom stereocenters. The van der Waals surface area contributed by atoms with Crippen LogP contribution in [0.3, 0.4) is 0 Å². The highest BCUT2D eigenvalue weighted by molar-refractivity contribution is 5.94. The van der Waals surface area contributed by atoms with Gasteiger partial charge in [-0.1, -0.05) is 12.1 Å². The molecule has 0 saturated heterocycles. The topological polar surface area (TPSA) is 95.7 Å². The Morgan fingerprint density at radius 3 is 2.46 bits per heavy atom. The molecule has 3 rings (SSSR count). The molecular formula is C20H21N3O5. The summed E-state index contributed by atoms with van der Waals surface area (Å²) in [5, 5.41) is 10.3. The van der Waals surface area contributed by atoms with Gasteiger partial charge in [-0.25, -0.2) is 4.63 Å². The number of rotatable bonds is 8. The first-order valence-corrected chi connectivity index (χ1v) is 8.72. The van der Waals surface area contributed by atoms with Gasteiger partial charge in [0.1, 0.15) is 5.75 Å². The van der Waals surface area contributed by atoms with Crippen molar-refractivity contribution in [3.63, 3.8) is 0 Å². The lowest BCUT2D eigenvalue weighted by atomic mass is 10.1. The maximum absolute atomic E-state index is 12.2. The quantitative estimate of drug-likeness (QED) is 0.635. The van der Waals surface area contributed by atoms with Crippen molar-refractivity contribution in [1.29, 1.82) is 0 Å². The normalized spacial score (nSPS) is 10.6. The number of methoxy groups -OCH3 is 1. The molecule has 1 aromatic heterocycles. The highest BCUT2D eigenvalue weighted by atomic mass is 16.6. The standard InChI is InChI=1S/C20H21N3O5/c1-13(2)27-15-10-8-14(9-11-15)19-20(23-28-22-19)21-18(24)12-26-17-7-5-4-6-16(17)25-3/h4-11,13H,12H2,1-3H3,(H,21,23,24). The van der Waals surface area contributed by atoms with E-state index in [2.05, 4.69) is 15.6 Å². The molecule has 0 saturated carbocycles. The lowest BCUT2D eigenvalue weighted by Gasteiger charge is -2.10. The molecule has 8 nitrogen and oxygen atoms in total. The van der Waals surface area contributed by atoms with Gasteiger partial charge in [0.25, 0.3) is 5.91 Å². The Labute approximate surface area is 162 Å². The van der Waals surface area contributed by atoms with Crippen molar-refractivity contribution < 1.29 is 23.6 Å². The van der Waals surface area contributed by atoms with Crippen molar-refractivity contribution >= 4 is 11.7 Å². The van der Waals surface area contributed by atoms with Gasteiger partial charge in [-0.3, -0.25) is 4.79 Å². The fourth-order valence-electron chi connectivity index (χ4n) is 2.47. The minimum absolute atomic E-state index is 0.0812. The Kier molecular flexibility index (Phi) is 6.11. The summed E-state index contributed by atoms with van der Waals surface area (Å²) in [7, 11) is 1.53. The predicted molar refractivity (Wildman–Crippen MR) is 103 cm³/mol. The van der Waals surface area contributed by atoms with Crippen molar-refractivity contribution in [3.8, 4) is 28.5 Å². The van der Waals surface area contributed by atoms with Gasteiger partial charge in [-0.2, -0.15) is 0 Å². The second kappa shape index (κ2) is 8.90. The maximum Gasteiger partial charge on any atom is 0.263 e. The van der Waals surface area contributed by atoms with Gasteiger partial charge in [0.15, 0.2) is 23.8 Å². The smallest absolute Gasteiger partial charge is 0.263 e. The first-order chi connectivity index (χ1) is 13.6. The van der Waals surface area contributed by atoms with Gasteiger partial charge in [0.05, 0.1) is 13.2 Å². The summed E-state index contributed by atoms with van der Waals surface area (Å²) in [6.07, 6.45) is 0.0812. The minimum Gasteiger partial charge on any atom is -0.493 e. The van der Waals surface area contributed by atoms with Crippen LogP contribution in [-0.2, 0) is 4.79 Å². The highest BCUT2D eigenvalue weighted by Crippen LogP contribution is 2.27. The average Bonchev–Trinajstić information content (AvgIpc) is 3.14. The molecule has 28 heavy (non-hydrogen) atoms. The number of nitrogens with one attached hydrogen (secondary N) is 1. The zero-order valence-electron chi connectivity index (χ0n) is 15.8. The number of benzene rings is 2. The fraction of sp³-hybridized carbons (Fsp3) is 0.250. The summed E-state index contributed by atoms with van der Waals surface area (Å²) >= 11 is 0. The monoisotopic (exact) mass is 383 g/mol. The Bertz CT molecular complexity index is 922. The third-order valence-corrected chi connectivity index (χ3v) is 3.67. The predicted octanol–water partition coefficient (Wildman–Crippen LogP) is 3.55. The number of para-hydroxylation sites is 2. The van der Waals surface area contributed by atoms with Crippen LogP contribution < -0.4 is 19.5 Å². The molecule has 0 atom stereocenters. The van der Waals surface area contributed by atoms with Gasteiger partial charge in [0, 0.05) is 5.56 Å². The lowest BCUT2D eigenvalue weighted by molar-refractivity contribution is -0.118. The SMILES string of the molecule is COc1ccccc1OCC(=O)Nc1nonc1-c1ccc(OC(C)C)cc1. The van der Waals surface area contributed by atoms with Crippen LogP contribution in [0.2, 0.25) is 0 Å². The number of ether oxygens (including phenoxy) is 3. The number of aromatic nitrogens is 2. The highest BCUT2D eigenvalue weighted by Gasteiger charge is 2.16. The molecule has 2 aromatic carbocycles. The van der Waals surface area contributed by atoms with Crippen molar-refractivity contribution in [2.75, 3.05) is 19.0 Å². The third kappa shape index (κ3) is 4.79. The second-order valence-electron chi connectivity index (χ2n) is 6.14. The Morgan fingerprint density at radius 2 is 1.79 bits per heavy atom. The number of hydrogen-bond donors (Lipinski definition) is 1. The van der Waals surface area contributed by atoms with Gasteiger partial charge < -0.3 is 19.5 Å². The number of amides is 1. The van der Waals surface area contributed by atoms with E-state index in [1.54, 1.807) is 18.2 Å². The van der Waals surface area contributed by atoms with E-state index in [4.69, 9.17) is 18.8 Å². The van der Waals surface area contributed by atoms with Gasteiger partial charge in [-0.15, -0.1) is 0 Å². The average molecular weight is 383 g/mol. The molecule has 146 valence electrons. The summed E-state index contributed by atoms with van der Waals surface area (Å²) in [6.45, 7) is 3.69. The zero-order valence-corrected chi connectivity index (χ0v) is 15.8. The van der Waals surface area contributed by atoms with E-state index in [-0.39, 0.29) is 18.5 Å². The van der Waals surface area contributed by atoms with Crippen LogP contribution in [0.4, 0.5) is 5.82 Å². The molecule has 0 spiro atoms. The van der Waals surface area contributed by atoms with Crippen LogP contribution in [0.25, 0.3) is 11.3 Å². The summed E-state index contributed by atoms with van der Waals surface area (Å²) < 4.78 is 21.1. The van der Waals surface area contributed by atoms with Crippen LogP contribution in [0.1, 0.15) is 13.8 Å². The van der Waals surface area contributed by atoms with Crippen molar-refractivity contribution in [3.05, 3.63) is 48.5 Å². The Balaban J connectivity index is 1.64. The Morgan fingerprint density at radius 1 is 1.07 bits per heavy atom. The molecule has 1 N–H and O–H groups in total. The van der Waals surface area contributed by atoms with Gasteiger partial charge in [0.2, 0.25) is 5.82 Å². The third-order valence-electron chi connectivity index (χ3n) is 3.67. The van der Waals surface area contributed by atoms with Crippen LogP contribution >= 0.6 is 0 Å². The van der Waals surface area contributed by atoms with Crippen LogP contribution in [0, 0.1) is 0 Å². The molecule has 0 aliphatic rings. The summed E-state index contributed by atoms with van der Waals surface area (Å²) in [6, 6.07) is 14.4. The molecule has 1 amide bonds. The van der Waals surface area contributed by atoms with Crippen molar-refractivity contribution in [2.24, 2.45) is 0 Å². The van der Waals surface area contributed by atoms with E-state index in [0.717, 1.165) is 11.3 Å². The molecule has 1 heterocycles. The summed E-state index contributed by atoms with van der Waals surface area (Å²) in [5.74, 6) is 1.57. The van der Waals surface area contributed by atoms with E-state index < -0.39 is 5.91 Å². The first-order valence-electron chi connectivity index (χ1n) is 8.72. The number of carbonyl (C=O) groups is 1. The molecule has 3 aromatic rings. The number of anilines is 1. The first kappa shape index (κ1) is 19.2. The summed E-state index contributed by atoms with van der Waals surface area (Å²) in [5.41, 5.74) is 1.15. The maximum atomic E-state index is 12.2.